The van der Waals surface area contributed by atoms with Crippen molar-refractivity contribution in [3.63, 3.8) is 0 Å². The first-order valence-electron chi connectivity index (χ1n) is 13.9. The first-order chi connectivity index (χ1) is 19.9. The van der Waals surface area contributed by atoms with Crippen LogP contribution in [0.3, 0.4) is 0 Å². The van der Waals surface area contributed by atoms with Gasteiger partial charge in [0.15, 0.2) is 6.29 Å². The molecule has 1 saturated heterocycles. The number of nitrogens with zero attached hydrogens (tertiary/aromatic N) is 1. The summed E-state index contributed by atoms with van der Waals surface area (Å²) in [5.74, 6) is -0.497. The van der Waals surface area contributed by atoms with Crippen LogP contribution in [0.2, 0.25) is 0 Å². The van der Waals surface area contributed by atoms with E-state index < -0.39 is 18.3 Å². The molecule has 4 atom stereocenters. The highest BCUT2D eigenvalue weighted by atomic mass is 16.7. The number of nitrogens with one attached hydrogen (secondary N) is 2. The van der Waals surface area contributed by atoms with Gasteiger partial charge in [0.2, 0.25) is 0 Å². The summed E-state index contributed by atoms with van der Waals surface area (Å²) in [6.07, 6.45) is -0.221. The van der Waals surface area contributed by atoms with Gasteiger partial charge in [0.1, 0.15) is 6.54 Å². The minimum Gasteiger partial charge on any atom is -0.465 e. The molecule has 1 aliphatic rings. The van der Waals surface area contributed by atoms with E-state index in [0.717, 1.165) is 16.7 Å². The standard InChI is InChI=1S/C32H39N3O6/c1-4-39-30(37)19-33-32(38)34-27-16-14-26(15-17-27)31-40-28(20-35(3)22(2)24-8-6-5-7-9-24)18-29(41-31)25-12-10-23(21-36)11-13-25/h5-17,22,28-29,31,36H,4,18-21H2,1-3H3,(H2,33,34,38)/t22-,28+,29-,31-/m0/s1. The maximum absolute atomic E-state index is 12.2. The molecule has 0 bridgehead atoms. The largest absolute Gasteiger partial charge is 0.465 e. The zero-order valence-corrected chi connectivity index (χ0v) is 23.8. The molecule has 0 unspecified atom stereocenters. The number of esters is 1. The Hall–Kier alpha value is -3.76. The minimum atomic E-state index is -0.608. The van der Waals surface area contributed by atoms with Crippen molar-refractivity contribution in [2.24, 2.45) is 0 Å². The predicted molar refractivity (Wildman–Crippen MR) is 156 cm³/mol. The van der Waals surface area contributed by atoms with E-state index in [0.29, 0.717) is 18.7 Å². The van der Waals surface area contributed by atoms with Crippen LogP contribution in [0.5, 0.6) is 0 Å². The van der Waals surface area contributed by atoms with Crippen LogP contribution in [0.15, 0.2) is 78.9 Å². The summed E-state index contributed by atoms with van der Waals surface area (Å²) >= 11 is 0. The van der Waals surface area contributed by atoms with Crippen molar-refractivity contribution in [1.29, 1.82) is 0 Å². The fraction of sp³-hybridized carbons (Fsp3) is 0.375. The molecule has 0 saturated carbocycles. The summed E-state index contributed by atoms with van der Waals surface area (Å²) in [5.41, 5.74) is 4.50. The number of ether oxygens (including phenoxy) is 3. The number of amides is 2. The first-order valence-corrected chi connectivity index (χ1v) is 13.9. The lowest BCUT2D eigenvalue weighted by Crippen LogP contribution is -2.38. The number of urea groups is 1. The third kappa shape index (κ3) is 8.61. The zero-order valence-electron chi connectivity index (χ0n) is 23.8. The maximum atomic E-state index is 12.2. The Morgan fingerprint density at radius 3 is 2.34 bits per heavy atom. The summed E-state index contributed by atoms with van der Waals surface area (Å²) in [4.78, 5) is 25.9. The monoisotopic (exact) mass is 561 g/mol. The van der Waals surface area contributed by atoms with Crippen molar-refractivity contribution < 1.29 is 28.9 Å². The minimum absolute atomic E-state index is 0.0104. The fourth-order valence-electron chi connectivity index (χ4n) is 4.76. The van der Waals surface area contributed by atoms with Crippen LogP contribution in [-0.4, -0.2) is 54.9 Å². The summed E-state index contributed by atoms with van der Waals surface area (Å²) < 4.78 is 17.7. The van der Waals surface area contributed by atoms with Gasteiger partial charge in [-0.25, -0.2) is 4.79 Å². The Balaban J connectivity index is 1.45. The molecule has 218 valence electrons. The van der Waals surface area contributed by atoms with E-state index in [1.165, 1.54) is 5.56 Å². The van der Waals surface area contributed by atoms with Gasteiger partial charge < -0.3 is 30.0 Å². The SMILES string of the molecule is CCOC(=O)CNC(=O)Nc1ccc([C@H]2O[C@@H](CN(C)[C@@H](C)c3ccccc3)C[C@@H](c3ccc(CO)cc3)O2)cc1. The van der Waals surface area contributed by atoms with Crippen molar-refractivity contribution in [2.75, 3.05) is 32.1 Å². The molecule has 1 fully saturated rings. The van der Waals surface area contributed by atoms with Gasteiger partial charge in [0.25, 0.3) is 0 Å². The first kappa shape index (κ1) is 30.2. The highest BCUT2D eigenvalue weighted by Gasteiger charge is 2.33. The molecule has 3 aromatic carbocycles. The van der Waals surface area contributed by atoms with Crippen LogP contribution in [0.1, 0.15) is 61.0 Å². The molecule has 0 radical (unpaired) electrons. The average molecular weight is 562 g/mol. The number of benzene rings is 3. The van der Waals surface area contributed by atoms with E-state index in [1.54, 1.807) is 19.1 Å². The van der Waals surface area contributed by atoms with Gasteiger partial charge in [0.05, 0.1) is 25.4 Å². The van der Waals surface area contributed by atoms with Gasteiger partial charge in [-0.3, -0.25) is 9.69 Å². The Kier molecular flexibility index (Phi) is 10.9. The average Bonchev–Trinajstić information content (AvgIpc) is 3.00. The van der Waals surface area contributed by atoms with E-state index in [9.17, 15) is 14.7 Å². The number of hydrogen-bond acceptors (Lipinski definition) is 7. The van der Waals surface area contributed by atoms with Gasteiger partial charge in [0, 0.05) is 30.3 Å². The molecular weight excluding hydrogens is 522 g/mol. The highest BCUT2D eigenvalue weighted by Crippen LogP contribution is 2.38. The number of carbonyl (C=O) groups excluding carboxylic acids is 2. The lowest BCUT2D eigenvalue weighted by Gasteiger charge is -2.39. The lowest BCUT2D eigenvalue weighted by molar-refractivity contribution is -0.253. The third-order valence-electron chi connectivity index (χ3n) is 7.19. The maximum Gasteiger partial charge on any atom is 0.325 e. The van der Waals surface area contributed by atoms with Gasteiger partial charge in [-0.15, -0.1) is 0 Å². The van der Waals surface area contributed by atoms with Crippen LogP contribution >= 0.6 is 0 Å². The molecule has 1 aliphatic heterocycles. The second kappa shape index (κ2) is 14.7. The van der Waals surface area contributed by atoms with E-state index in [1.807, 2.05) is 42.5 Å². The van der Waals surface area contributed by atoms with Crippen molar-refractivity contribution in [2.45, 2.75) is 51.4 Å². The number of anilines is 1. The van der Waals surface area contributed by atoms with Crippen molar-refractivity contribution in [1.82, 2.24) is 10.2 Å². The Labute approximate surface area is 241 Å². The molecule has 2 amide bonds. The molecule has 0 spiro atoms. The number of rotatable bonds is 11. The van der Waals surface area contributed by atoms with Gasteiger partial charge in [-0.1, -0.05) is 66.7 Å². The third-order valence-corrected chi connectivity index (χ3v) is 7.19. The molecule has 0 aromatic heterocycles. The van der Waals surface area contributed by atoms with Gasteiger partial charge in [-0.2, -0.15) is 0 Å². The second-order valence-electron chi connectivity index (χ2n) is 10.1. The molecule has 0 aliphatic carbocycles. The number of aliphatic hydroxyl groups excluding tert-OH is 1. The molecule has 41 heavy (non-hydrogen) atoms. The highest BCUT2D eigenvalue weighted by molar-refractivity contribution is 5.91. The predicted octanol–water partition coefficient (Wildman–Crippen LogP) is 5.10. The number of likely N-dealkylation sites (N-methyl/N-ethyl adjacent to an activating group) is 1. The number of carbonyl (C=O) groups is 2. The van der Waals surface area contributed by atoms with E-state index in [2.05, 4.69) is 53.8 Å². The van der Waals surface area contributed by atoms with Gasteiger partial charge in [-0.05, 0) is 49.7 Å². The van der Waals surface area contributed by atoms with Crippen molar-refractivity contribution in [3.8, 4) is 0 Å². The normalized spacial score (nSPS) is 19.4. The molecule has 9 heteroatoms. The Morgan fingerprint density at radius 1 is 1.00 bits per heavy atom. The van der Waals surface area contributed by atoms with Crippen molar-refractivity contribution in [3.05, 3.63) is 101 Å². The zero-order chi connectivity index (χ0) is 29.2. The summed E-state index contributed by atoms with van der Waals surface area (Å²) in [6, 6.07) is 25.2. The molecular formula is C32H39N3O6. The van der Waals surface area contributed by atoms with Crippen LogP contribution in [-0.2, 0) is 25.6 Å². The molecule has 3 N–H and O–H groups in total. The van der Waals surface area contributed by atoms with Crippen LogP contribution in [0.25, 0.3) is 0 Å². The quantitative estimate of drug-likeness (QED) is 0.280. The van der Waals surface area contributed by atoms with E-state index in [4.69, 9.17) is 14.2 Å². The molecule has 9 nitrogen and oxygen atoms in total. The smallest absolute Gasteiger partial charge is 0.325 e. The van der Waals surface area contributed by atoms with E-state index in [-0.39, 0.29) is 38.0 Å². The summed E-state index contributed by atoms with van der Waals surface area (Å²) in [5, 5.41) is 14.6. The summed E-state index contributed by atoms with van der Waals surface area (Å²) in [6.45, 7) is 4.64. The molecule has 1 heterocycles. The number of aliphatic hydroxyl groups is 1. The van der Waals surface area contributed by atoms with Crippen LogP contribution in [0.4, 0.5) is 10.5 Å². The Morgan fingerprint density at radius 2 is 1.68 bits per heavy atom. The fourth-order valence-corrected chi connectivity index (χ4v) is 4.76. The molecule has 3 aromatic rings. The van der Waals surface area contributed by atoms with Crippen LogP contribution in [0, 0.1) is 0 Å². The van der Waals surface area contributed by atoms with Crippen molar-refractivity contribution >= 4 is 17.7 Å². The lowest BCUT2D eigenvalue weighted by atomic mass is 9.99. The van der Waals surface area contributed by atoms with E-state index >= 15 is 0 Å². The number of hydrogen-bond donors (Lipinski definition) is 3. The van der Waals surface area contributed by atoms with Gasteiger partial charge >= 0.3 is 12.0 Å². The molecule has 4 rings (SSSR count). The second-order valence-corrected chi connectivity index (χ2v) is 10.1. The summed E-state index contributed by atoms with van der Waals surface area (Å²) in [7, 11) is 2.10. The van der Waals surface area contributed by atoms with Crippen LogP contribution < -0.4 is 10.6 Å². The Bertz CT molecular complexity index is 1250. The topological polar surface area (TPSA) is 109 Å².